The van der Waals surface area contributed by atoms with Crippen molar-refractivity contribution in [2.75, 3.05) is 33.4 Å². The standard InChI is InChI=1S/C23H33N3O3/c1-25-16-18(5-3-4-11-28-2)20-13-17(6-9-21(20)25)15-26(19-7-8-19)23(27)22-14-24-10-12-29-22/h6,9,13,16,19,22,24H,3-5,7-8,10-12,14-15H2,1-2H3/t22-/m1/s1. The number of aromatic nitrogens is 1. The van der Waals surface area contributed by atoms with Crippen LogP contribution in [0.15, 0.2) is 24.4 Å². The molecule has 158 valence electrons. The van der Waals surface area contributed by atoms with Crippen LogP contribution in [0.5, 0.6) is 0 Å². The third-order valence-corrected chi connectivity index (χ3v) is 6.01. The molecule has 2 aliphatic rings. The van der Waals surface area contributed by atoms with Gasteiger partial charge in [-0.3, -0.25) is 4.79 Å². The Hall–Kier alpha value is -1.89. The fourth-order valence-electron chi connectivity index (χ4n) is 4.26. The average molecular weight is 400 g/mol. The van der Waals surface area contributed by atoms with Crippen LogP contribution in [-0.4, -0.2) is 60.9 Å². The van der Waals surface area contributed by atoms with Gasteiger partial charge in [-0.05, 0) is 55.4 Å². The van der Waals surface area contributed by atoms with Crippen molar-refractivity contribution in [3.05, 3.63) is 35.5 Å². The lowest BCUT2D eigenvalue weighted by molar-refractivity contribution is -0.146. The van der Waals surface area contributed by atoms with Crippen molar-refractivity contribution in [3.8, 4) is 0 Å². The maximum Gasteiger partial charge on any atom is 0.253 e. The van der Waals surface area contributed by atoms with Crippen molar-refractivity contribution in [1.29, 1.82) is 0 Å². The van der Waals surface area contributed by atoms with Crippen LogP contribution in [0.25, 0.3) is 10.9 Å². The van der Waals surface area contributed by atoms with Gasteiger partial charge in [0.15, 0.2) is 0 Å². The zero-order chi connectivity index (χ0) is 20.2. The Labute approximate surface area is 173 Å². The normalized spacial score (nSPS) is 19.6. The maximum atomic E-state index is 13.1. The van der Waals surface area contributed by atoms with E-state index in [1.165, 1.54) is 22.0 Å². The van der Waals surface area contributed by atoms with Gasteiger partial charge in [0, 0.05) is 63.5 Å². The third-order valence-electron chi connectivity index (χ3n) is 6.01. The Balaban J connectivity index is 1.50. The maximum absolute atomic E-state index is 13.1. The number of benzene rings is 1. The molecule has 1 aliphatic heterocycles. The van der Waals surface area contributed by atoms with E-state index in [0.29, 0.717) is 25.7 Å². The SMILES string of the molecule is COCCCCc1cn(C)c2ccc(CN(C(=O)[C@H]3CNCCO3)C3CC3)cc12. The molecule has 2 heterocycles. The van der Waals surface area contributed by atoms with Crippen LogP contribution >= 0.6 is 0 Å². The molecular formula is C23H33N3O3. The second kappa shape index (κ2) is 9.28. The minimum absolute atomic E-state index is 0.132. The van der Waals surface area contributed by atoms with E-state index in [9.17, 15) is 4.79 Å². The van der Waals surface area contributed by atoms with Gasteiger partial charge in [0.25, 0.3) is 5.91 Å². The quantitative estimate of drug-likeness (QED) is 0.659. The average Bonchev–Trinajstić information content (AvgIpc) is 3.54. The summed E-state index contributed by atoms with van der Waals surface area (Å²) in [4.78, 5) is 15.1. The van der Waals surface area contributed by atoms with Crippen LogP contribution in [0.4, 0.5) is 0 Å². The van der Waals surface area contributed by atoms with Gasteiger partial charge in [0.1, 0.15) is 6.10 Å². The number of rotatable bonds is 9. The molecule has 0 bridgehead atoms. The molecule has 6 nitrogen and oxygen atoms in total. The fraction of sp³-hybridized carbons (Fsp3) is 0.609. The van der Waals surface area contributed by atoms with E-state index in [1.54, 1.807) is 7.11 Å². The van der Waals surface area contributed by atoms with Gasteiger partial charge >= 0.3 is 0 Å². The number of carbonyl (C=O) groups excluding carboxylic acids is 1. The minimum atomic E-state index is -0.346. The Morgan fingerprint density at radius 1 is 1.34 bits per heavy atom. The summed E-state index contributed by atoms with van der Waals surface area (Å²) in [5, 5.41) is 4.58. The molecule has 1 saturated heterocycles. The molecule has 29 heavy (non-hydrogen) atoms. The number of nitrogens with zero attached hydrogens (tertiary/aromatic N) is 2. The summed E-state index contributed by atoms with van der Waals surface area (Å²) in [5.74, 6) is 0.132. The Morgan fingerprint density at radius 2 is 2.21 bits per heavy atom. The van der Waals surface area contributed by atoms with Crippen LogP contribution in [0, 0.1) is 0 Å². The monoisotopic (exact) mass is 399 g/mol. The molecule has 1 aliphatic carbocycles. The number of hydrogen-bond donors (Lipinski definition) is 1. The van der Waals surface area contributed by atoms with E-state index in [1.807, 2.05) is 4.90 Å². The largest absolute Gasteiger partial charge is 0.385 e. The molecule has 1 saturated carbocycles. The number of hydrogen-bond acceptors (Lipinski definition) is 4. The molecule has 4 rings (SSSR count). The van der Waals surface area contributed by atoms with Crippen molar-refractivity contribution in [1.82, 2.24) is 14.8 Å². The van der Waals surface area contributed by atoms with Crippen molar-refractivity contribution >= 4 is 16.8 Å². The number of unbranched alkanes of at least 4 members (excludes halogenated alkanes) is 1. The molecule has 0 unspecified atom stereocenters. The van der Waals surface area contributed by atoms with E-state index >= 15 is 0 Å². The second-order valence-corrected chi connectivity index (χ2v) is 8.33. The third kappa shape index (κ3) is 4.82. The van der Waals surface area contributed by atoms with Crippen molar-refractivity contribution < 1.29 is 14.3 Å². The highest BCUT2D eigenvalue weighted by Crippen LogP contribution is 2.31. The fourth-order valence-corrected chi connectivity index (χ4v) is 4.26. The molecule has 0 radical (unpaired) electrons. The lowest BCUT2D eigenvalue weighted by atomic mass is 10.0. The van der Waals surface area contributed by atoms with Crippen molar-refractivity contribution in [2.24, 2.45) is 7.05 Å². The van der Waals surface area contributed by atoms with Gasteiger partial charge in [0.05, 0.1) is 6.61 Å². The van der Waals surface area contributed by atoms with E-state index in [-0.39, 0.29) is 12.0 Å². The van der Waals surface area contributed by atoms with Gasteiger partial charge in [-0.15, -0.1) is 0 Å². The summed E-state index contributed by atoms with van der Waals surface area (Å²) in [6.07, 6.45) is 7.35. The summed E-state index contributed by atoms with van der Waals surface area (Å²) in [7, 11) is 3.86. The summed E-state index contributed by atoms with van der Waals surface area (Å²) >= 11 is 0. The molecule has 1 amide bonds. The highest BCUT2D eigenvalue weighted by Gasteiger charge is 2.36. The zero-order valence-corrected chi connectivity index (χ0v) is 17.7. The predicted molar refractivity (Wildman–Crippen MR) is 114 cm³/mol. The summed E-state index contributed by atoms with van der Waals surface area (Å²) in [5.41, 5.74) is 3.83. The number of amides is 1. The molecule has 2 fully saturated rings. The van der Waals surface area contributed by atoms with Crippen LogP contribution in [0.1, 0.15) is 36.8 Å². The second-order valence-electron chi connectivity index (χ2n) is 8.33. The van der Waals surface area contributed by atoms with Gasteiger partial charge in [0.2, 0.25) is 0 Å². The summed E-state index contributed by atoms with van der Waals surface area (Å²) in [6.45, 7) is 3.53. The number of morpholine rings is 1. The highest BCUT2D eigenvalue weighted by atomic mass is 16.5. The number of aryl methyl sites for hydroxylation is 2. The Kier molecular flexibility index (Phi) is 6.53. The molecule has 1 aromatic carbocycles. The molecule has 2 aromatic rings. The molecular weight excluding hydrogens is 366 g/mol. The molecule has 1 aromatic heterocycles. The first-order valence-electron chi connectivity index (χ1n) is 10.9. The molecule has 1 N–H and O–H groups in total. The van der Waals surface area contributed by atoms with Gasteiger partial charge in [-0.25, -0.2) is 0 Å². The molecule has 0 spiro atoms. The molecule has 1 atom stereocenters. The lowest BCUT2D eigenvalue weighted by Crippen LogP contribution is -2.49. The number of fused-ring (bicyclic) bond motifs is 1. The minimum Gasteiger partial charge on any atom is -0.385 e. The van der Waals surface area contributed by atoms with E-state index < -0.39 is 0 Å². The van der Waals surface area contributed by atoms with Crippen molar-refractivity contribution in [3.63, 3.8) is 0 Å². The van der Waals surface area contributed by atoms with Crippen LogP contribution in [0.3, 0.4) is 0 Å². The van der Waals surface area contributed by atoms with E-state index in [4.69, 9.17) is 9.47 Å². The molecule has 6 heteroatoms. The first-order chi connectivity index (χ1) is 14.2. The number of nitrogens with one attached hydrogen (secondary N) is 1. The summed E-state index contributed by atoms with van der Waals surface area (Å²) < 4.78 is 13.1. The van der Waals surface area contributed by atoms with Gasteiger partial charge in [-0.1, -0.05) is 6.07 Å². The Bertz CT molecular complexity index is 837. The topological polar surface area (TPSA) is 55.7 Å². The predicted octanol–water partition coefficient (Wildman–Crippen LogP) is 2.63. The highest BCUT2D eigenvalue weighted by molar-refractivity contribution is 5.85. The number of carbonyl (C=O) groups is 1. The van der Waals surface area contributed by atoms with E-state index in [2.05, 4.69) is 41.3 Å². The van der Waals surface area contributed by atoms with Crippen LogP contribution < -0.4 is 5.32 Å². The first-order valence-corrected chi connectivity index (χ1v) is 10.9. The summed E-state index contributed by atoms with van der Waals surface area (Å²) in [6, 6.07) is 7.01. The van der Waals surface area contributed by atoms with Crippen LogP contribution in [0.2, 0.25) is 0 Å². The zero-order valence-electron chi connectivity index (χ0n) is 17.7. The number of ether oxygens (including phenoxy) is 2. The lowest BCUT2D eigenvalue weighted by Gasteiger charge is -2.30. The van der Waals surface area contributed by atoms with Crippen LogP contribution in [-0.2, 0) is 34.3 Å². The Morgan fingerprint density at radius 3 is 2.93 bits per heavy atom. The first kappa shape index (κ1) is 20.4. The van der Waals surface area contributed by atoms with Gasteiger partial charge in [-0.2, -0.15) is 0 Å². The van der Waals surface area contributed by atoms with Crippen molar-refractivity contribution in [2.45, 2.75) is 50.8 Å². The smallest absolute Gasteiger partial charge is 0.253 e. The van der Waals surface area contributed by atoms with Gasteiger partial charge < -0.3 is 24.3 Å². The van der Waals surface area contributed by atoms with E-state index in [0.717, 1.165) is 45.3 Å². The number of methoxy groups -OCH3 is 1.